The number of carbonyl (C=O) groups is 1. The number of likely N-dealkylation sites (tertiary alicyclic amines) is 1. The molecular weight excluding hydrogens is 459 g/mol. The number of fused-ring (bicyclic) bond motifs is 1. The van der Waals surface area contributed by atoms with Crippen LogP contribution in [-0.4, -0.2) is 42.7 Å². The number of nitrogens with one attached hydrogen (secondary N) is 1. The average Bonchev–Trinajstić information content (AvgIpc) is 2.97. The van der Waals surface area contributed by atoms with Crippen LogP contribution in [0, 0.1) is 6.92 Å². The highest BCUT2D eigenvalue weighted by atomic mass is 127. The Kier molecular flexibility index (Phi) is 7.76. The maximum absolute atomic E-state index is 11.7. The summed E-state index contributed by atoms with van der Waals surface area (Å²) in [6.45, 7) is 5.97. The van der Waals surface area contributed by atoms with Gasteiger partial charge >= 0.3 is 6.09 Å². The lowest BCUT2D eigenvalue weighted by Crippen LogP contribution is -2.48. The van der Waals surface area contributed by atoms with E-state index in [4.69, 9.17) is 14.9 Å². The number of nitrogens with zero attached hydrogens (tertiary/aromatic N) is 2. The Morgan fingerprint density at radius 2 is 2.07 bits per heavy atom. The predicted molar refractivity (Wildman–Crippen MR) is 116 cm³/mol. The van der Waals surface area contributed by atoms with Crippen LogP contribution >= 0.6 is 24.0 Å². The SMILES string of the molecule is CCOC(=O)N1CCC(NC(N)=NCc2oc3ccccc3c2C)CC1.I. The molecule has 2 aromatic rings. The molecule has 27 heavy (non-hydrogen) atoms. The maximum Gasteiger partial charge on any atom is 0.409 e. The van der Waals surface area contributed by atoms with E-state index in [1.165, 1.54) is 0 Å². The molecular formula is C19H27IN4O3. The number of carbonyl (C=O) groups excluding carboxylic acids is 1. The second-order valence-electron chi connectivity index (χ2n) is 6.45. The minimum atomic E-state index is -0.243. The van der Waals surface area contributed by atoms with Crippen molar-refractivity contribution in [2.24, 2.45) is 10.7 Å². The first-order valence-electron chi connectivity index (χ1n) is 9.03. The molecule has 1 amide bonds. The summed E-state index contributed by atoms with van der Waals surface area (Å²) in [5, 5.41) is 4.35. The van der Waals surface area contributed by atoms with Crippen LogP contribution in [0.15, 0.2) is 33.7 Å². The number of benzene rings is 1. The first kappa shape index (κ1) is 21.3. The number of amides is 1. The summed E-state index contributed by atoms with van der Waals surface area (Å²) in [6.07, 6.45) is 1.39. The van der Waals surface area contributed by atoms with Crippen LogP contribution in [0.3, 0.4) is 0 Å². The first-order chi connectivity index (χ1) is 12.6. The van der Waals surface area contributed by atoms with Gasteiger partial charge in [-0.15, -0.1) is 24.0 Å². The first-order valence-corrected chi connectivity index (χ1v) is 9.03. The molecule has 0 spiro atoms. The van der Waals surface area contributed by atoms with Gasteiger partial charge in [0.05, 0.1) is 6.61 Å². The molecule has 148 valence electrons. The molecule has 1 aliphatic rings. The Balaban J connectivity index is 0.00000261. The molecule has 1 saturated heterocycles. The van der Waals surface area contributed by atoms with Crippen LogP contribution in [-0.2, 0) is 11.3 Å². The van der Waals surface area contributed by atoms with E-state index in [2.05, 4.69) is 10.3 Å². The van der Waals surface area contributed by atoms with Crippen LogP contribution in [0.2, 0.25) is 0 Å². The van der Waals surface area contributed by atoms with Gasteiger partial charge in [-0.25, -0.2) is 9.79 Å². The average molecular weight is 486 g/mol. The number of piperidine rings is 1. The number of hydrogen-bond donors (Lipinski definition) is 2. The van der Waals surface area contributed by atoms with E-state index >= 15 is 0 Å². The van der Waals surface area contributed by atoms with Gasteiger partial charge in [-0.05, 0) is 32.8 Å². The number of aliphatic imine (C=N–C) groups is 1. The van der Waals surface area contributed by atoms with Gasteiger partial charge in [-0.3, -0.25) is 0 Å². The smallest absolute Gasteiger partial charge is 0.409 e. The van der Waals surface area contributed by atoms with Crippen molar-refractivity contribution in [1.82, 2.24) is 10.2 Å². The van der Waals surface area contributed by atoms with Gasteiger partial charge in [0, 0.05) is 30.1 Å². The van der Waals surface area contributed by atoms with Crippen LogP contribution in [0.25, 0.3) is 11.0 Å². The number of aryl methyl sites for hydroxylation is 1. The van der Waals surface area contributed by atoms with E-state index in [0.717, 1.165) is 35.1 Å². The van der Waals surface area contributed by atoms with Gasteiger partial charge in [0.1, 0.15) is 17.9 Å². The molecule has 3 rings (SSSR count). The Hall–Kier alpha value is -1.97. The van der Waals surface area contributed by atoms with E-state index in [9.17, 15) is 4.79 Å². The molecule has 2 heterocycles. The quantitative estimate of drug-likeness (QED) is 0.393. The summed E-state index contributed by atoms with van der Waals surface area (Å²) in [4.78, 5) is 17.9. The molecule has 1 fully saturated rings. The Morgan fingerprint density at radius 1 is 1.37 bits per heavy atom. The molecule has 0 atom stereocenters. The number of para-hydroxylation sites is 1. The zero-order valence-corrected chi connectivity index (χ0v) is 18.1. The lowest BCUT2D eigenvalue weighted by atomic mass is 10.1. The highest BCUT2D eigenvalue weighted by Gasteiger charge is 2.23. The number of furan rings is 1. The van der Waals surface area contributed by atoms with Crippen molar-refractivity contribution in [2.45, 2.75) is 39.3 Å². The molecule has 1 aliphatic heterocycles. The molecule has 1 aromatic heterocycles. The monoisotopic (exact) mass is 486 g/mol. The summed E-state index contributed by atoms with van der Waals surface area (Å²) in [5.74, 6) is 1.23. The molecule has 3 N–H and O–H groups in total. The van der Waals surface area contributed by atoms with Crippen molar-refractivity contribution in [3.05, 3.63) is 35.6 Å². The number of rotatable bonds is 4. The number of halogens is 1. The Bertz CT molecular complexity index is 797. The van der Waals surface area contributed by atoms with Crippen LogP contribution in [0.4, 0.5) is 4.79 Å². The third-order valence-corrected chi connectivity index (χ3v) is 4.71. The lowest BCUT2D eigenvalue weighted by Gasteiger charge is -2.31. The molecule has 0 radical (unpaired) electrons. The third-order valence-electron chi connectivity index (χ3n) is 4.71. The second kappa shape index (κ2) is 9.82. The normalized spacial score (nSPS) is 15.5. The fraction of sp³-hybridized carbons (Fsp3) is 0.474. The Labute approximate surface area is 176 Å². The standard InChI is InChI=1S/C19H26N4O3.HI/c1-3-25-19(24)23-10-8-14(9-11-23)22-18(20)21-12-17-13(2)15-6-4-5-7-16(15)26-17;/h4-7,14H,3,8-12H2,1-2H3,(H3,20,21,22);1H. The summed E-state index contributed by atoms with van der Waals surface area (Å²) in [6, 6.07) is 8.16. The van der Waals surface area contributed by atoms with Crippen molar-refractivity contribution in [3.8, 4) is 0 Å². The van der Waals surface area contributed by atoms with Gasteiger partial charge in [0.25, 0.3) is 0 Å². The van der Waals surface area contributed by atoms with Crippen molar-refractivity contribution in [1.29, 1.82) is 0 Å². The number of guanidine groups is 1. The van der Waals surface area contributed by atoms with Gasteiger partial charge in [0.15, 0.2) is 5.96 Å². The molecule has 0 bridgehead atoms. The van der Waals surface area contributed by atoms with Gasteiger partial charge in [-0.2, -0.15) is 0 Å². The second-order valence-corrected chi connectivity index (χ2v) is 6.45. The molecule has 0 saturated carbocycles. The lowest BCUT2D eigenvalue weighted by molar-refractivity contribution is 0.0963. The van der Waals surface area contributed by atoms with E-state index in [0.29, 0.717) is 32.2 Å². The third kappa shape index (κ3) is 5.27. The molecule has 8 heteroatoms. The summed E-state index contributed by atoms with van der Waals surface area (Å²) in [7, 11) is 0. The van der Waals surface area contributed by atoms with E-state index in [1.807, 2.05) is 38.1 Å². The number of ether oxygens (including phenoxy) is 1. The van der Waals surface area contributed by atoms with E-state index in [1.54, 1.807) is 4.90 Å². The number of hydrogen-bond acceptors (Lipinski definition) is 4. The van der Waals surface area contributed by atoms with E-state index < -0.39 is 0 Å². The largest absolute Gasteiger partial charge is 0.459 e. The highest BCUT2D eigenvalue weighted by molar-refractivity contribution is 14.0. The van der Waals surface area contributed by atoms with Crippen molar-refractivity contribution >= 4 is 47.0 Å². The van der Waals surface area contributed by atoms with Gasteiger partial charge < -0.3 is 25.1 Å². The maximum atomic E-state index is 11.7. The van der Waals surface area contributed by atoms with Crippen molar-refractivity contribution in [3.63, 3.8) is 0 Å². The summed E-state index contributed by atoms with van der Waals surface area (Å²) >= 11 is 0. The van der Waals surface area contributed by atoms with Gasteiger partial charge in [-0.1, -0.05) is 18.2 Å². The van der Waals surface area contributed by atoms with Crippen LogP contribution in [0.1, 0.15) is 31.1 Å². The fourth-order valence-corrected chi connectivity index (χ4v) is 3.21. The van der Waals surface area contributed by atoms with Crippen LogP contribution < -0.4 is 11.1 Å². The molecule has 0 unspecified atom stereocenters. The Morgan fingerprint density at radius 3 is 2.74 bits per heavy atom. The molecule has 7 nitrogen and oxygen atoms in total. The molecule has 1 aromatic carbocycles. The molecule has 0 aliphatic carbocycles. The zero-order valence-electron chi connectivity index (χ0n) is 15.7. The summed E-state index contributed by atoms with van der Waals surface area (Å²) < 4.78 is 10.9. The van der Waals surface area contributed by atoms with Crippen molar-refractivity contribution in [2.75, 3.05) is 19.7 Å². The highest BCUT2D eigenvalue weighted by Crippen LogP contribution is 2.25. The predicted octanol–water partition coefficient (Wildman–Crippen LogP) is 3.38. The minimum absolute atomic E-state index is 0. The van der Waals surface area contributed by atoms with Crippen molar-refractivity contribution < 1.29 is 13.9 Å². The summed E-state index contributed by atoms with van der Waals surface area (Å²) in [5.41, 5.74) is 8.00. The minimum Gasteiger partial charge on any atom is -0.459 e. The van der Waals surface area contributed by atoms with Gasteiger partial charge in [0.2, 0.25) is 0 Å². The fourth-order valence-electron chi connectivity index (χ4n) is 3.21. The topological polar surface area (TPSA) is 93.1 Å². The number of nitrogens with two attached hydrogens (primary N) is 1. The zero-order chi connectivity index (χ0) is 18.5. The van der Waals surface area contributed by atoms with Crippen LogP contribution in [0.5, 0.6) is 0 Å². The van der Waals surface area contributed by atoms with E-state index in [-0.39, 0.29) is 36.1 Å².